The molecule has 0 aliphatic heterocycles. The Hall–Kier alpha value is -1.89. The first-order chi connectivity index (χ1) is 18.5. The van der Waals surface area contributed by atoms with Gasteiger partial charge in [0.05, 0.1) is 26.2 Å². The minimum atomic E-state index is -0.947. The molecule has 0 radical (unpaired) electrons. The van der Waals surface area contributed by atoms with Crippen LogP contribution in [0.2, 0.25) is 0 Å². The topological polar surface area (TPSA) is 112 Å². The van der Waals surface area contributed by atoms with Crippen LogP contribution >= 0.6 is 0 Å². The maximum absolute atomic E-state index is 11.6. The number of aliphatic carboxylic acids is 3. The van der Waals surface area contributed by atoms with Crippen molar-refractivity contribution in [3.8, 4) is 0 Å². The Kier molecular flexibility index (Phi) is 21.8. The first kappa shape index (κ1) is 37.1. The quantitative estimate of drug-likeness (QED) is 0.0543. The first-order valence-corrected chi connectivity index (χ1v) is 15.7. The molecular formula is C32H60NO6+. The summed E-state index contributed by atoms with van der Waals surface area (Å²) in [6, 6.07) is 0. The fraction of sp³-hybridized carbons (Fsp3) is 0.844. The predicted octanol–water partition coefficient (Wildman–Crippen LogP) is 7.78. The summed E-state index contributed by atoms with van der Waals surface area (Å²) in [7, 11) is 0. The van der Waals surface area contributed by atoms with Crippen molar-refractivity contribution in [1.82, 2.24) is 0 Å². The van der Waals surface area contributed by atoms with Crippen molar-refractivity contribution in [2.24, 2.45) is 17.8 Å². The smallest absolute Gasteiger partial charge is 0.311 e. The SMILES string of the molecule is CCCCCCCCCCCCCCCC/C=C/CC[N+](CC(C)C(=O)O)(CC(C)C(=O)O)CC(C)C(=O)O. The molecule has 7 heteroatoms. The number of carboxylic acids is 3. The van der Waals surface area contributed by atoms with E-state index in [-0.39, 0.29) is 24.1 Å². The van der Waals surface area contributed by atoms with Crippen LogP contribution in [0, 0.1) is 17.8 Å². The zero-order valence-electron chi connectivity index (χ0n) is 25.5. The summed E-state index contributed by atoms with van der Waals surface area (Å²) in [5, 5.41) is 28.5. The molecular weight excluding hydrogens is 494 g/mol. The van der Waals surface area contributed by atoms with Gasteiger partial charge in [-0.25, -0.2) is 0 Å². The van der Waals surface area contributed by atoms with Crippen molar-refractivity contribution in [1.29, 1.82) is 0 Å². The Balaban J connectivity index is 4.44. The fourth-order valence-corrected chi connectivity index (χ4v) is 5.52. The molecule has 0 aliphatic rings. The largest absolute Gasteiger partial charge is 0.481 e. The number of allylic oxidation sites excluding steroid dienone is 1. The van der Waals surface area contributed by atoms with Gasteiger partial charge >= 0.3 is 17.9 Å². The Bertz CT molecular complexity index is 637. The van der Waals surface area contributed by atoms with Crippen LogP contribution in [0.5, 0.6) is 0 Å². The predicted molar refractivity (Wildman–Crippen MR) is 159 cm³/mol. The van der Waals surface area contributed by atoms with Gasteiger partial charge < -0.3 is 19.8 Å². The van der Waals surface area contributed by atoms with E-state index in [0.29, 0.717) is 13.0 Å². The van der Waals surface area contributed by atoms with Gasteiger partial charge in [-0.15, -0.1) is 0 Å². The molecule has 3 unspecified atom stereocenters. The normalized spacial score (nSPS) is 15.6. The molecule has 228 valence electrons. The molecule has 0 aromatic rings. The summed E-state index contributed by atoms with van der Waals surface area (Å²) in [5.74, 6) is -4.91. The second kappa shape index (κ2) is 22.9. The molecule has 3 atom stereocenters. The Morgan fingerprint density at radius 1 is 0.538 bits per heavy atom. The van der Waals surface area contributed by atoms with Crippen molar-refractivity contribution in [3.05, 3.63) is 12.2 Å². The molecule has 0 heterocycles. The van der Waals surface area contributed by atoms with Gasteiger partial charge in [0.2, 0.25) is 0 Å². The van der Waals surface area contributed by atoms with Crippen molar-refractivity contribution in [2.45, 2.75) is 130 Å². The van der Waals surface area contributed by atoms with Gasteiger partial charge in [-0.1, -0.05) is 103 Å². The molecule has 0 aromatic heterocycles. The summed E-state index contributed by atoms with van der Waals surface area (Å²) in [6.45, 7) is 8.28. The molecule has 7 nitrogen and oxygen atoms in total. The molecule has 0 saturated carbocycles. The average Bonchev–Trinajstić information content (AvgIpc) is 2.87. The Morgan fingerprint density at radius 2 is 0.846 bits per heavy atom. The van der Waals surface area contributed by atoms with Crippen LogP contribution in [-0.4, -0.2) is 63.9 Å². The van der Waals surface area contributed by atoms with E-state index in [9.17, 15) is 29.7 Å². The zero-order valence-corrected chi connectivity index (χ0v) is 25.5. The fourth-order valence-electron chi connectivity index (χ4n) is 5.52. The van der Waals surface area contributed by atoms with E-state index in [0.717, 1.165) is 12.8 Å². The van der Waals surface area contributed by atoms with E-state index in [1.54, 1.807) is 20.8 Å². The number of unbranched alkanes of at least 4 members (excludes halogenated alkanes) is 14. The van der Waals surface area contributed by atoms with E-state index >= 15 is 0 Å². The van der Waals surface area contributed by atoms with E-state index in [1.807, 2.05) is 0 Å². The highest BCUT2D eigenvalue weighted by atomic mass is 16.4. The number of hydrogen-bond acceptors (Lipinski definition) is 3. The summed E-state index contributed by atoms with van der Waals surface area (Å²) in [6.07, 6.45) is 24.6. The molecule has 0 aliphatic carbocycles. The number of hydrogen-bond donors (Lipinski definition) is 3. The molecule has 0 fully saturated rings. The zero-order chi connectivity index (χ0) is 29.5. The van der Waals surface area contributed by atoms with Crippen molar-refractivity contribution in [2.75, 3.05) is 26.2 Å². The summed E-state index contributed by atoms with van der Waals surface area (Å²) >= 11 is 0. The summed E-state index contributed by atoms with van der Waals surface area (Å²) < 4.78 is 0.178. The Morgan fingerprint density at radius 3 is 1.18 bits per heavy atom. The maximum Gasteiger partial charge on any atom is 0.311 e. The van der Waals surface area contributed by atoms with E-state index < -0.39 is 35.7 Å². The average molecular weight is 555 g/mol. The van der Waals surface area contributed by atoms with Crippen molar-refractivity contribution < 1.29 is 34.2 Å². The number of carbonyl (C=O) groups is 3. The molecule has 0 spiro atoms. The standard InChI is InChI=1S/C32H59NO6/c1-5-6-7-8-9-10-11-12-13-14-15-16-17-18-19-20-21-22-23-33(24-27(2)30(34)35,25-28(3)31(36)37)26-29(4)32(38)39/h20-21,27-29H,5-19,22-26H2,1-4H3,(H2-,34,35,36,37,38,39)/p+1/b21-20+. The second-order valence-electron chi connectivity index (χ2n) is 12.0. The summed E-state index contributed by atoms with van der Waals surface area (Å²) in [4.78, 5) is 34.8. The molecule has 3 N–H and O–H groups in total. The second-order valence-corrected chi connectivity index (χ2v) is 12.0. The number of quaternary nitrogens is 1. The van der Waals surface area contributed by atoms with Gasteiger partial charge in [0.25, 0.3) is 0 Å². The number of rotatable bonds is 27. The highest BCUT2D eigenvalue weighted by Gasteiger charge is 2.37. The monoisotopic (exact) mass is 554 g/mol. The van der Waals surface area contributed by atoms with E-state index in [1.165, 1.54) is 83.5 Å². The lowest BCUT2D eigenvalue weighted by atomic mass is 10.0. The van der Waals surface area contributed by atoms with Crippen molar-refractivity contribution in [3.63, 3.8) is 0 Å². The lowest BCUT2D eigenvalue weighted by molar-refractivity contribution is -0.933. The van der Waals surface area contributed by atoms with Crippen LogP contribution in [0.3, 0.4) is 0 Å². The van der Waals surface area contributed by atoms with Gasteiger partial charge in [-0.2, -0.15) is 0 Å². The number of carboxylic acid groups (broad SMARTS) is 3. The third-order valence-electron chi connectivity index (χ3n) is 7.91. The first-order valence-electron chi connectivity index (χ1n) is 15.7. The van der Waals surface area contributed by atoms with Crippen LogP contribution in [-0.2, 0) is 14.4 Å². The van der Waals surface area contributed by atoms with Crippen LogP contribution in [0.15, 0.2) is 12.2 Å². The highest BCUT2D eigenvalue weighted by Crippen LogP contribution is 2.21. The minimum absolute atomic E-state index is 0.178. The van der Waals surface area contributed by atoms with E-state index in [4.69, 9.17) is 0 Å². The number of nitrogens with zero attached hydrogens (tertiary/aromatic N) is 1. The lowest BCUT2D eigenvalue weighted by Crippen LogP contribution is -2.57. The molecule has 0 bridgehead atoms. The molecule has 0 rings (SSSR count). The van der Waals surface area contributed by atoms with Crippen LogP contribution in [0.1, 0.15) is 130 Å². The maximum atomic E-state index is 11.6. The van der Waals surface area contributed by atoms with E-state index in [2.05, 4.69) is 19.1 Å². The third kappa shape index (κ3) is 19.8. The Labute approximate surface area is 238 Å². The summed E-state index contributed by atoms with van der Waals surface area (Å²) in [5.41, 5.74) is 0. The molecule has 39 heavy (non-hydrogen) atoms. The third-order valence-corrected chi connectivity index (χ3v) is 7.91. The van der Waals surface area contributed by atoms with Gasteiger partial charge in [-0.3, -0.25) is 14.4 Å². The van der Waals surface area contributed by atoms with Gasteiger partial charge in [0.15, 0.2) is 0 Å². The van der Waals surface area contributed by atoms with Crippen LogP contribution in [0.4, 0.5) is 0 Å². The highest BCUT2D eigenvalue weighted by molar-refractivity contribution is 5.70. The molecule has 0 saturated heterocycles. The van der Waals surface area contributed by atoms with Crippen LogP contribution < -0.4 is 0 Å². The molecule has 0 amide bonds. The molecule has 0 aromatic carbocycles. The van der Waals surface area contributed by atoms with Gasteiger partial charge in [-0.05, 0) is 33.6 Å². The minimum Gasteiger partial charge on any atom is -0.481 e. The van der Waals surface area contributed by atoms with Gasteiger partial charge in [0, 0.05) is 6.42 Å². The van der Waals surface area contributed by atoms with Gasteiger partial charge in [0.1, 0.15) is 17.8 Å². The lowest BCUT2D eigenvalue weighted by Gasteiger charge is -2.42. The van der Waals surface area contributed by atoms with Crippen LogP contribution in [0.25, 0.3) is 0 Å². The van der Waals surface area contributed by atoms with Crippen molar-refractivity contribution >= 4 is 17.9 Å².